The fraction of sp³-hybridized carbons (Fsp3) is 0.400. The molecule has 0 aliphatic heterocycles. The lowest BCUT2D eigenvalue weighted by Crippen LogP contribution is -2.32. The van der Waals surface area contributed by atoms with E-state index in [9.17, 15) is 4.79 Å². The monoisotopic (exact) mass is 340 g/mol. The molecule has 1 aromatic heterocycles. The number of hydrogen-bond donors (Lipinski definition) is 1. The number of aromatic nitrogens is 3. The van der Waals surface area contributed by atoms with E-state index in [0.29, 0.717) is 29.4 Å². The van der Waals surface area contributed by atoms with E-state index < -0.39 is 0 Å². The fourth-order valence-corrected chi connectivity index (χ4v) is 2.60. The molecule has 1 atom stereocenters. The van der Waals surface area contributed by atoms with Gasteiger partial charge in [-0.15, -0.1) is 10.2 Å². The van der Waals surface area contributed by atoms with Crippen LogP contribution in [0.1, 0.15) is 18.3 Å². The summed E-state index contributed by atoms with van der Waals surface area (Å²) in [6.07, 6.45) is 2.87. The smallest absolute Gasteiger partial charge is 0.223 e. The first-order chi connectivity index (χ1) is 10.5. The van der Waals surface area contributed by atoms with Crippen molar-refractivity contribution in [3.05, 3.63) is 46.0 Å². The van der Waals surface area contributed by atoms with Gasteiger partial charge in [-0.2, -0.15) is 0 Å². The SMILES string of the molecule is C[C@@H](Cc1ccc(Cl)cc1Cl)C(=O)NCCc1nncn1C. The molecule has 2 rings (SSSR count). The number of hydrogen-bond acceptors (Lipinski definition) is 3. The van der Waals surface area contributed by atoms with Crippen LogP contribution >= 0.6 is 23.2 Å². The Bertz CT molecular complexity index is 657. The van der Waals surface area contributed by atoms with Gasteiger partial charge in [-0.05, 0) is 24.1 Å². The minimum Gasteiger partial charge on any atom is -0.355 e. The second-order valence-electron chi connectivity index (χ2n) is 5.24. The van der Waals surface area contributed by atoms with Crippen LogP contribution < -0.4 is 5.32 Å². The summed E-state index contributed by atoms with van der Waals surface area (Å²) in [5, 5.41) is 11.9. The van der Waals surface area contributed by atoms with Gasteiger partial charge >= 0.3 is 0 Å². The first-order valence-electron chi connectivity index (χ1n) is 7.02. The summed E-state index contributed by atoms with van der Waals surface area (Å²) in [6.45, 7) is 2.41. The maximum Gasteiger partial charge on any atom is 0.223 e. The number of carbonyl (C=O) groups excluding carboxylic acids is 1. The molecule has 0 unspecified atom stereocenters. The van der Waals surface area contributed by atoms with Crippen LogP contribution in [0.2, 0.25) is 10.0 Å². The Morgan fingerprint density at radius 3 is 2.82 bits per heavy atom. The zero-order chi connectivity index (χ0) is 16.1. The van der Waals surface area contributed by atoms with Gasteiger partial charge in [0, 0.05) is 36.0 Å². The molecule has 0 bridgehead atoms. The number of rotatable bonds is 6. The van der Waals surface area contributed by atoms with Crippen molar-refractivity contribution in [2.45, 2.75) is 19.8 Å². The Hall–Kier alpha value is -1.59. The number of halogens is 2. The highest BCUT2D eigenvalue weighted by molar-refractivity contribution is 6.35. The lowest BCUT2D eigenvalue weighted by atomic mass is 10.0. The largest absolute Gasteiger partial charge is 0.355 e. The Labute approximate surface area is 139 Å². The molecule has 0 aliphatic rings. The second-order valence-corrected chi connectivity index (χ2v) is 6.08. The van der Waals surface area contributed by atoms with Gasteiger partial charge in [0.15, 0.2) is 0 Å². The summed E-state index contributed by atoms with van der Waals surface area (Å²) >= 11 is 12.0. The second kappa shape index (κ2) is 7.61. The first-order valence-corrected chi connectivity index (χ1v) is 7.77. The number of nitrogens with zero attached hydrogens (tertiary/aromatic N) is 3. The average Bonchev–Trinajstić information content (AvgIpc) is 2.87. The molecular formula is C15H18Cl2N4O. The van der Waals surface area contributed by atoms with Crippen molar-refractivity contribution >= 4 is 29.1 Å². The third kappa shape index (κ3) is 4.45. The number of aryl methyl sites for hydroxylation is 1. The van der Waals surface area contributed by atoms with E-state index >= 15 is 0 Å². The number of amides is 1. The highest BCUT2D eigenvalue weighted by atomic mass is 35.5. The van der Waals surface area contributed by atoms with Crippen LogP contribution in [0.15, 0.2) is 24.5 Å². The fourth-order valence-electron chi connectivity index (χ4n) is 2.11. The quantitative estimate of drug-likeness (QED) is 0.879. The van der Waals surface area contributed by atoms with E-state index in [1.165, 1.54) is 0 Å². The van der Waals surface area contributed by atoms with Crippen LogP contribution in [-0.4, -0.2) is 27.2 Å². The summed E-state index contributed by atoms with van der Waals surface area (Å²) in [4.78, 5) is 12.1. The van der Waals surface area contributed by atoms with Gasteiger partial charge in [0.2, 0.25) is 5.91 Å². The van der Waals surface area contributed by atoms with E-state index in [-0.39, 0.29) is 11.8 Å². The van der Waals surface area contributed by atoms with Crippen LogP contribution in [0.3, 0.4) is 0 Å². The van der Waals surface area contributed by atoms with Gasteiger partial charge in [-0.3, -0.25) is 4.79 Å². The predicted molar refractivity (Wildman–Crippen MR) is 87.0 cm³/mol. The normalized spacial score (nSPS) is 12.2. The third-order valence-electron chi connectivity index (χ3n) is 3.44. The first kappa shape index (κ1) is 16.8. The molecule has 5 nitrogen and oxygen atoms in total. The van der Waals surface area contributed by atoms with E-state index in [2.05, 4.69) is 15.5 Å². The van der Waals surface area contributed by atoms with Gasteiger partial charge in [0.25, 0.3) is 0 Å². The highest BCUT2D eigenvalue weighted by Crippen LogP contribution is 2.23. The lowest BCUT2D eigenvalue weighted by Gasteiger charge is -2.13. The van der Waals surface area contributed by atoms with Gasteiger partial charge in [-0.1, -0.05) is 36.2 Å². The molecule has 0 saturated heterocycles. The van der Waals surface area contributed by atoms with Crippen molar-refractivity contribution < 1.29 is 4.79 Å². The number of carbonyl (C=O) groups is 1. The molecule has 2 aromatic rings. The third-order valence-corrected chi connectivity index (χ3v) is 4.03. The van der Waals surface area contributed by atoms with Crippen LogP contribution in [0, 0.1) is 5.92 Å². The van der Waals surface area contributed by atoms with E-state index in [4.69, 9.17) is 23.2 Å². The van der Waals surface area contributed by atoms with Crippen molar-refractivity contribution in [3.8, 4) is 0 Å². The van der Waals surface area contributed by atoms with Gasteiger partial charge in [0.05, 0.1) is 0 Å². The predicted octanol–water partition coefficient (Wildman–Crippen LogP) is 2.66. The summed E-state index contributed by atoms with van der Waals surface area (Å²) < 4.78 is 1.84. The lowest BCUT2D eigenvalue weighted by molar-refractivity contribution is -0.124. The minimum atomic E-state index is -0.168. The zero-order valence-electron chi connectivity index (χ0n) is 12.5. The van der Waals surface area contributed by atoms with Crippen LogP contribution in [0.5, 0.6) is 0 Å². The summed E-state index contributed by atoms with van der Waals surface area (Å²) in [5.41, 5.74) is 0.919. The molecule has 22 heavy (non-hydrogen) atoms. The van der Waals surface area contributed by atoms with E-state index in [1.54, 1.807) is 18.5 Å². The summed E-state index contributed by atoms with van der Waals surface area (Å²) in [6, 6.07) is 5.33. The van der Waals surface area contributed by atoms with E-state index in [1.807, 2.05) is 24.6 Å². The zero-order valence-corrected chi connectivity index (χ0v) is 14.0. The molecule has 1 N–H and O–H groups in total. The molecule has 118 valence electrons. The number of benzene rings is 1. The maximum absolute atomic E-state index is 12.1. The summed E-state index contributed by atoms with van der Waals surface area (Å²) in [7, 11) is 1.88. The topological polar surface area (TPSA) is 59.8 Å². The van der Waals surface area contributed by atoms with E-state index in [0.717, 1.165) is 11.4 Å². The molecular weight excluding hydrogens is 323 g/mol. The van der Waals surface area contributed by atoms with Crippen molar-refractivity contribution in [1.29, 1.82) is 0 Å². The Morgan fingerprint density at radius 2 is 2.18 bits per heavy atom. The van der Waals surface area contributed by atoms with Gasteiger partial charge < -0.3 is 9.88 Å². The molecule has 0 fully saturated rings. The minimum absolute atomic E-state index is 0.00631. The van der Waals surface area contributed by atoms with Gasteiger partial charge in [0.1, 0.15) is 12.2 Å². The molecule has 1 aromatic carbocycles. The number of nitrogens with one attached hydrogen (secondary N) is 1. The highest BCUT2D eigenvalue weighted by Gasteiger charge is 2.15. The van der Waals surface area contributed by atoms with Crippen molar-refractivity contribution in [2.24, 2.45) is 13.0 Å². The molecule has 1 heterocycles. The van der Waals surface area contributed by atoms with Crippen molar-refractivity contribution in [1.82, 2.24) is 20.1 Å². The molecule has 1 amide bonds. The average molecular weight is 341 g/mol. The Balaban J connectivity index is 1.83. The van der Waals surface area contributed by atoms with Crippen LogP contribution in [-0.2, 0) is 24.7 Å². The molecule has 0 saturated carbocycles. The van der Waals surface area contributed by atoms with Crippen molar-refractivity contribution in [2.75, 3.05) is 6.54 Å². The Morgan fingerprint density at radius 1 is 1.41 bits per heavy atom. The molecule has 7 heteroatoms. The molecule has 0 radical (unpaired) electrons. The summed E-state index contributed by atoms with van der Waals surface area (Å²) in [5.74, 6) is 0.667. The van der Waals surface area contributed by atoms with Crippen LogP contribution in [0.4, 0.5) is 0 Å². The standard InChI is InChI=1S/C15H18Cl2N4O/c1-10(7-11-3-4-12(16)8-13(11)17)15(22)18-6-5-14-20-19-9-21(14)2/h3-4,8-10H,5-7H2,1-2H3,(H,18,22)/t10-/m0/s1. The van der Waals surface area contributed by atoms with Crippen LogP contribution in [0.25, 0.3) is 0 Å². The maximum atomic E-state index is 12.1. The van der Waals surface area contributed by atoms with Gasteiger partial charge in [-0.25, -0.2) is 0 Å². The molecule has 0 spiro atoms. The Kier molecular flexibility index (Phi) is 5.80. The molecule has 0 aliphatic carbocycles. The van der Waals surface area contributed by atoms with Crippen molar-refractivity contribution in [3.63, 3.8) is 0 Å².